The molecular formula is C22H20F2NO+. The van der Waals surface area contributed by atoms with E-state index in [-0.39, 0.29) is 5.58 Å². The number of fused-ring (bicyclic) bond motifs is 3. The van der Waals surface area contributed by atoms with Crippen LogP contribution in [0.3, 0.4) is 0 Å². The van der Waals surface area contributed by atoms with Crippen molar-refractivity contribution in [2.24, 2.45) is 7.05 Å². The second-order valence-corrected chi connectivity index (χ2v) is 7.09. The zero-order chi connectivity index (χ0) is 18.7. The Labute approximate surface area is 150 Å². The summed E-state index contributed by atoms with van der Waals surface area (Å²) in [6.45, 7) is 8.07. The molecule has 4 rings (SSSR count). The van der Waals surface area contributed by atoms with E-state index in [1.54, 1.807) is 0 Å². The minimum atomic E-state index is -0.637. The van der Waals surface area contributed by atoms with E-state index in [9.17, 15) is 8.78 Å². The third kappa shape index (κ3) is 2.32. The predicted molar refractivity (Wildman–Crippen MR) is 99.2 cm³/mol. The summed E-state index contributed by atoms with van der Waals surface area (Å²) in [6, 6.07) is 6.30. The zero-order valence-corrected chi connectivity index (χ0v) is 15.5. The van der Waals surface area contributed by atoms with Gasteiger partial charge < -0.3 is 4.42 Å². The largest absolute Gasteiger partial charge is 0.455 e. The lowest BCUT2D eigenvalue weighted by Gasteiger charge is -2.09. The Kier molecular flexibility index (Phi) is 3.62. The van der Waals surface area contributed by atoms with Gasteiger partial charge in [-0.1, -0.05) is 6.07 Å². The quantitative estimate of drug-likeness (QED) is 0.408. The van der Waals surface area contributed by atoms with E-state index in [2.05, 4.69) is 26.1 Å². The molecule has 4 aromatic rings. The maximum atomic E-state index is 14.5. The average Bonchev–Trinajstić information content (AvgIpc) is 2.91. The number of halogens is 2. The molecule has 0 aliphatic rings. The molecule has 26 heavy (non-hydrogen) atoms. The van der Waals surface area contributed by atoms with Gasteiger partial charge >= 0.3 is 0 Å². The number of furan rings is 1. The van der Waals surface area contributed by atoms with Crippen LogP contribution in [0.1, 0.15) is 22.3 Å². The van der Waals surface area contributed by atoms with E-state index in [1.165, 1.54) is 17.2 Å². The van der Waals surface area contributed by atoms with Gasteiger partial charge in [0.05, 0.1) is 10.9 Å². The summed E-state index contributed by atoms with van der Waals surface area (Å²) in [6.07, 6.45) is 2.07. The Morgan fingerprint density at radius 3 is 2.27 bits per heavy atom. The summed E-state index contributed by atoms with van der Waals surface area (Å²) in [4.78, 5) is 0. The van der Waals surface area contributed by atoms with E-state index in [4.69, 9.17) is 4.42 Å². The molecule has 0 N–H and O–H groups in total. The van der Waals surface area contributed by atoms with Crippen molar-refractivity contribution in [3.05, 3.63) is 64.4 Å². The molecule has 4 heteroatoms. The fourth-order valence-corrected chi connectivity index (χ4v) is 3.80. The van der Waals surface area contributed by atoms with Gasteiger partial charge in [0.1, 0.15) is 29.8 Å². The molecule has 0 saturated heterocycles. The molecule has 2 heterocycles. The fourth-order valence-electron chi connectivity index (χ4n) is 3.80. The molecule has 0 bridgehead atoms. The van der Waals surface area contributed by atoms with Crippen LogP contribution in [0.15, 0.2) is 34.9 Å². The first kappa shape index (κ1) is 16.7. The van der Waals surface area contributed by atoms with Gasteiger partial charge in [0.15, 0.2) is 6.20 Å². The highest BCUT2D eigenvalue weighted by molar-refractivity contribution is 6.11. The summed E-state index contributed by atoms with van der Waals surface area (Å²) in [5.41, 5.74) is 7.03. The van der Waals surface area contributed by atoms with Crippen LogP contribution in [0.5, 0.6) is 0 Å². The summed E-state index contributed by atoms with van der Waals surface area (Å²) in [5.74, 6) is -1.23. The fraction of sp³-hybridized carbons (Fsp3) is 0.227. The van der Waals surface area contributed by atoms with Gasteiger partial charge in [0, 0.05) is 29.1 Å². The van der Waals surface area contributed by atoms with Gasteiger partial charge in [-0.25, -0.2) is 13.3 Å². The first-order valence-corrected chi connectivity index (χ1v) is 8.56. The number of aryl methyl sites for hydroxylation is 5. The molecule has 0 saturated carbocycles. The molecule has 0 amide bonds. The summed E-state index contributed by atoms with van der Waals surface area (Å²) in [5, 5.41) is 1.04. The molecule has 0 radical (unpaired) electrons. The molecule has 2 nitrogen and oxygen atoms in total. The van der Waals surface area contributed by atoms with Crippen LogP contribution in [0.25, 0.3) is 33.2 Å². The third-order valence-electron chi connectivity index (χ3n) is 5.16. The number of pyridine rings is 1. The molecule has 2 aromatic carbocycles. The normalized spacial score (nSPS) is 11.7. The maximum Gasteiger partial charge on any atom is 0.216 e. The molecule has 0 aliphatic carbocycles. The van der Waals surface area contributed by atoms with Crippen LogP contribution < -0.4 is 4.57 Å². The van der Waals surface area contributed by atoms with Crippen molar-refractivity contribution in [2.45, 2.75) is 27.7 Å². The lowest BCUT2D eigenvalue weighted by Crippen LogP contribution is -2.31. The number of nitrogens with zero attached hydrogens (tertiary/aromatic N) is 1. The Hall–Kier alpha value is -2.75. The Morgan fingerprint density at radius 2 is 1.54 bits per heavy atom. The summed E-state index contributed by atoms with van der Waals surface area (Å²) >= 11 is 0. The van der Waals surface area contributed by atoms with Crippen LogP contribution in [0, 0.1) is 39.3 Å². The number of hydrogen-bond donors (Lipinski definition) is 0. The van der Waals surface area contributed by atoms with E-state index >= 15 is 0 Å². The SMILES string of the molecule is Cc1cc(-c2c(C)cc(C)c3c2oc2cc(F)cc(F)c23)[n+](C)cc1C. The standard InChI is InChI=1S/C22H20F2NO/c1-11-7-17(25(5)10-14(11)4)19-12(2)6-13(3)20-21-16(24)8-15(23)9-18(21)26-22(19)20/h6-10H,1-5H3/q+1. The lowest BCUT2D eigenvalue weighted by atomic mass is 9.96. The van der Waals surface area contributed by atoms with Crippen LogP contribution in [0.4, 0.5) is 8.78 Å². The zero-order valence-electron chi connectivity index (χ0n) is 15.5. The van der Waals surface area contributed by atoms with E-state index < -0.39 is 11.6 Å². The van der Waals surface area contributed by atoms with Gasteiger partial charge in [-0.3, -0.25) is 0 Å². The second kappa shape index (κ2) is 5.63. The molecule has 0 aliphatic heterocycles. The average molecular weight is 352 g/mol. The van der Waals surface area contributed by atoms with Crippen LogP contribution >= 0.6 is 0 Å². The number of rotatable bonds is 1. The second-order valence-electron chi connectivity index (χ2n) is 7.09. The molecule has 0 unspecified atom stereocenters. The van der Waals surface area contributed by atoms with Crippen molar-refractivity contribution >= 4 is 21.9 Å². The Bertz CT molecular complexity index is 1200. The lowest BCUT2D eigenvalue weighted by molar-refractivity contribution is -0.660. The van der Waals surface area contributed by atoms with E-state index in [0.717, 1.165) is 28.5 Å². The van der Waals surface area contributed by atoms with Crippen LogP contribution in [0.2, 0.25) is 0 Å². The minimum Gasteiger partial charge on any atom is -0.455 e. The van der Waals surface area contributed by atoms with Crippen molar-refractivity contribution in [3.8, 4) is 11.3 Å². The van der Waals surface area contributed by atoms with Crippen molar-refractivity contribution in [1.29, 1.82) is 0 Å². The Balaban J connectivity index is 2.21. The predicted octanol–water partition coefficient (Wildman–Crippen LogP) is 5.59. The number of benzene rings is 2. The summed E-state index contributed by atoms with van der Waals surface area (Å²) < 4.78 is 36.2. The molecule has 0 fully saturated rings. The molecule has 0 spiro atoms. The van der Waals surface area contributed by atoms with E-state index in [1.807, 2.05) is 31.5 Å². The van der Waals surface area contributed by atoms with Gasteiger partial charge in [-0.2, -0.15) is 0 Å². The monoisotopic (exact) mass is 352 g/mol. The van der Waals surface area contributed by atoms with Gasteiger partial charge in [-0.15, -0.1) is 0 Å². The molecule has 0 atom stereocenters. The van der Waals surface area contributed by atoms with Gasteiger partial charge in [0.2, 0.25) is 5.69 Å². The highest BCUT2D eigenvalue weighted by atomic mass is 19.1. The van der Waals surface area contributed by atoms with Crippen molar-refractivity contribution in [1.82, 2.24) is 0 Å². The van der Waals surface area contributed by atoms with E-state index in [0.29, 0.717) is 16.4 Å². The molecule has 2 aromatic heterocycles. The van der Waals surface area contributed by atoms with Crippen molar-refractivity contribution < 1.29 is 17.8 Å². The summed E-state index contributed by atoms with van der Waals surface area (Å²) in [7, 11) is 1.98. The molecule has 132 valence electrons. The first-order chi connectivity index (χ1) is 12.3. The maximum absolute atomic E-state index is 14.5. The number of hydrogen-bond acceptors (Lipinski definition) is 1. The van der Waals surface area contributed by atoms with Gasteiger partial charge in [-0.05, 0) is 44.4 Å². The third-order valence-corrected chi connectivity index (χ3v) is 5.16. The molecular weight excluding hydrogens is 332 g/mol. The first-order valence-electron chi connectivity index (χ1n) is 8.56. The smallest absolute Gasteiger partial charge is 0.216 e. The Morgan fingerprint density at radius 1 is 0.808 bits per heavy atom. The highest BCUT2D eigenvalue weighted by Crippen LogP contribution is 2.40. The van der Waals surface area contributed by atoms with Gasteiger partial charge in [0.25, 0.3) is 0 Å². The van der Waals surface area contributed by atoms with Crippen LogP contribution in [-0.2, 0) is 7.05 Å². The van der Waals surface area contributed by atoms with Crippen molar-refractivity contribution in [3.63, 3.8) is 0 Å². The number of aromatic nitrogens is 1. The van der Waals surface area contributed by atoms with Crippen LogP contribution in [-0.4, -0.2) is 0 Å². The minimum absolute atomic E-state index is 0.235. The topological polar surface area (TPSA) is 17.0 Å². The van der Waals surface area contributed by atoms with Crippen molar-refractivity contribution in [2.75, 3.05) is 0 Å². The highest BCUT2D eigenvalue weighted by Gasteiger charge is 2.24.